The summed E-state index contributed by atoms with van der Waals surface area (Å²) in [5, 5.41) is 18.8. The molecule has 0 aliphatic carbocycles. The van der Waals surface area contributed by atoms with E-state index < -0.39 is 27.4 Å². The molecular formula is C11H17BrN2O6S. The highest BCUT2D eigenvalue weighted by Gasteiger charge is 2.28. The Balaban J connectivity index is 2.90. The lowest BCUT2D eigenvalue weighted by Crippen LogP contribution is -2.47. The Morgan fingerprint density at radius 2 is 2.10 bits per heavy atom. The summed E-state index contributed by atoms with van der Waals surface area (Å²) in [6.07, 6.45) is 0. The number of rotatable bonds is 7. The molecule has 120 valence electrons. The quantitative estimate of drug-likeness (QED) is 0.619. The van der Waals surface area contributed by atoms with Gasteiger partial charge in [0.2, 0.25) is 15.8 Å². The van der Waals surface area contributed by atoms with Gasteiger partial charge in [0.1, 0.15) is 4.90 Å². The number of aromatic carboxylic acids is 1. The van der Waals surface area contributed by atoms with Crippen molar-refractivity contribution in [3.8, 4) is 0 Å². The van der Waals surface area contributed by atoms with E-state index in [-0.39, 0.29) is 22.7 Å². The normalized spacial score (nSPS) is 15.1. The smallest absolute Gasteiger partial charge is 0.371 e. The standard InChI is InChI=1S/C11H17BrN2O6S/c1-11(17,6-14(2)3)5-13-21(18,19)8-4-7(10(15)16)20-9(8)12/h4,13,17H,5-6H2,1-3H3,(H,15,16). The highest BCUT2D eigenvalue weighted by molar-refractivity contribution is 9.10. The maximum Gasteiger partial charge on any atom is 0.371 e. The molecule has 1 heterocycles. The van der Waals surface area contributed by atoms with Crippen LogP contribution in [0.25, 0.3) is 0 Å². The second-order valence-electron chi connectivity index (χ2n) is 5.11. The van der Waals surface area contributed by atoms with Crippen molar-refractivity contribution in [1.29, 1.82) is 0 Å². The van der Waals surface area contributed by atoms with E-state index in [0.717, 1.165) is 6.07 Å². The van der Waals surface area contributed by atoms with Crippen molar-refractivity contribution < 1.29 is 27.8 Å². The highest BCUT2D eigenvalue weighted by Crippen LogP contribution is 2.26. The fraction of sp³-hybridized carbons (Fsp3) is 0.545. The van der Waals surface area contributed by atoms with Gasteiger partial charge in [0.05, 0.1) is 5.60 Å². The first-order valence-corrected chi connectivity index (χ1v) is 8.11. The van der Waals surface area contributed by atoms with Crippen LogP contribution >= 0.6 is 15.9 Å². The van der Waals surface area contributed by atoms with E-state index in [4.69, 9.17) is 9.52 Å². The summed E-state index contributed by atoms with van der Waals surface area (Å²) in [6, 6.07) is 0.898. The van der Waals surface area contributed by atoms with Crippen LogP contribution in [0.1, 0.15) is 17.5 Å². The maximum atomic E-state index is 12.1. The van der Waals surface area contributed by atoms with Crippen molar-refractivity contribution in [2.45, 2.75) is 17.4 Å². The van der Waals surface area contributed by atoms with E-state index in [1.807, 2.05) is 0 Å². The topological polar surface area (TPSA) is 120 Å². The van der Waals surface area contributed by atoms with Crippen molar-refractivity contribution >= 4 is 31.9 Å². The molecule has 0 aliphatic heterocycles. The Morgan fingerprint density at radius 1 is 1.52 bits per heavy atom. The van der Waals surface area contributed by atoms with Crippen molar-refractivity contribution in [2.24, 2.45) is 0 Å². The van der Waals surface area contributed by atoms with Gasteiger partial charge in [-0.05, 0) is 36.9 Å². The third-order valence-electron chi connectivity index (χ3n) is 2.46. The van der Waals surface area contributed by atoms with Gasteiger partial charge in [-0.3, -0.25) is 0 Å². The minimum absolute atomic E-state index is 0.209. The van der Waals surface area contributed by atoms with E-state index in [1.54, 1.807) is 19.0 Å². The number of carboxylic acids is 1. The van der Waals surface area contributed by atoms with E-state index in [2.05, 4.69) is 20.7 Å². The summed E-state index contributed by atoms with van der Waals surface area (Å²) in [5.74, 6) is -1.88. The molecule has 0 saturated heterocycles. The lowest BCUT2D eigenvalue weighted by atomic mass is 10.1. The molecule has 8 nitrogen and oxygen atoms in total. The molecule has 0 bridgehead atoms. The zero-order valence-corrected chi connectivity index (χ0v) is 14.2. The number of furan rings is 1. The summed E-state index contributed by atoms with van der Waals surface area (Å²) in [6.45, 7) is 1.51. The molecule has 0 amide bonds. The van der Waals surface area contributed by atoms with E-state index in [0.29, 0.717) is 0 Å². The van der Waals surface area contributed by atoms with Gasteiger partial charge < -0.3 is 19.5 Å². The van der Waals surface area contributed by atoms with Gasteiger partial charge in [-0.25, -0.2) is 17.9 Å². The van der Waals surface area contributed by atoms with Crippen LogP contribution in [0.3, 0.4) is 0 Å². The van der Waals surface area contributed by atoms with Crippen molar-refractivity contribution in [3.05, 3.63) is 16.5 Å². The summed E-state index contributed by atoms with van der Waals surface area (Å²) in [7, 11) is -0.515. The molecule has 1 rings (SSSR count). The molecule has 21 heavy (non-hydrogen) atoms. The Hall–Kier alpha value is -0.940. The fourth-order valence-electron chi connectivity index (χ4n) is 1.71. The van der Waals surface area contributed by atoms with Crippen molar-refractivity contribution in [2.75, 3.05) is 27.2 Å². The zero-order chi connectivity index (χ0) is 16.4. The van der Waals surface area contributed by atoms with Crippen LogP contribution in [-0.2, 0) is 10.0 Å². The minimum atomic E-state index is -4.01. The summed E-state index contributed by atoms with van der Waals surface area (Å²) >= 11 is 2.86. The molecule has 0 spiro atoms. The summed E-state index contributed by atoms with van der Waals surface area (Å²) in [4.78, 5) is 12.1. The number of hydrogen-bond acceptors (Lipinski definition) is 6. The highest BCUT2D eigenvalue weighted by atomic mass is 79.9. The molecule has 10 heteroatoms. The van der Waals surface area contributed by atoms with Crippen LogP contribution in [0.5, 0.6) is 0 Å². The molecule has 0 saturated carbocycles. The number of likely N-dealkylation sites (N-methyl/N-ethyl adjacent to an activating group) is 1. The lowest BCUT2D eigenvalue weighted by molar-refractivity contribution is 0.0386. The predicted molar refractivity (Wildman–Crippen MR) is 77.7 cm³/mol. The molecule has 0 fully saturated rings. The maximum absolute atomic E-state index is 12.1. The van der Waals surface area contributed by atoms with Crippen molar-refractivity contribution in [1.82, 2.24) is 9.62 Å². The number of halogens is 1. The summed E-state index contributed by atoms with van der Waals surface area (Å²) in [5.41, 5.74) is -1.28. The molecule has 0 aromatic carbocycles. The fourth-order valence-corrected chi connectivity index (χ4v) is 3.81. The average Bonchev–Trinajstić information content (AvgIpc) is 2.68. The van der Waals surface area contributed by atoms with Gasteiger partial charge in [0.25, 0.3) is 0 Å². The summed E-state index contributed by atoms with van der Waals surface area (Å²) < 4.78 is 31.0. The van der Waals surface area contributed by atoms with Crippen LogP contribution in [0.15, 0.2) is 20.0 Å². The first-order valence-electron chi connectivity index (χ1n) is 5.84. The largest absolute Gasteiger partial charge is 0.475 e. The number of carboxylic acid groups (broad SMARTS) is 1. The van der Waals surface area contributed by atoms with Gasteiger partial charge in [0.15, 0.2) is 4.67 Å². The number of nitrogens with one attached hydrogen (secondary N) is 1. The van der Waals surface area contributed by atoms with Gasteiger partial charge in [0, 0.05) is 19.2 Å². The molecule has 1 aromatic rings. The first-order chi connectivity index (χ1) is 9.44. The van der Waals surface area contributed by atoms with Gasteiger partial charge in [-0.1, -0.05) is 0 Å². The van der Waals surface area contributed by atoms with Crippen LogP contribution < -0.4 is 4.72 Å². The minimum Gasteiger partial charge on any atom is -0.475 e. The second kappa shape index (κ2) is 6.44. The monoisotopic (exact) mass is 384 g/mol. The number of hydrogen-bond donors (Lipinski definition) is 3. The lowest BCUT2D eigenvalue weighted by Gasteiger charge is -2.26. The molecule has 0 aliphatic rings. The van der Waals surface area contributed by atoms with E-state index in [1.165, 1.54) is 6.92 Å². The molecule has 1 aromatic heterocycles. The number of nitrogens with zero attached hydrogens (tertiary/aromatic N) is 1. The Morgan fingerprint density at radius 3 is 2.52 bits per heavy atom. The molecule has 1 unspecified atom stereocenters. The molecule has 1 atom stereocenters. The van der Waals surface area contributed by atoms with Crippen LogP contribution in [0, 0.1) is 0 Å². The average molecular weight is 385 g/mol. The third-order valence-corrected chi connectivity index (χ3v) is 4.71. The number of aliphatic hydroxyl groups is 1. The Kier molecular flexibility index (Phi) is 5.56. The SMILES string of the molecule is CN(C)CC(C)(O)CNS(=O)(=O)c1cc(C(=O)O)oc1Br. The predicted octanol–water partition coefficient (Wildman–Crippen LogP) is 0.331. The molecular weight excluding hydrogens is 368 g/mol. The molecule has 3 N–H and O–H groups in total. The third kappa shape index (κ3) is 5.08. The van der Waals surface area contributed by atoms with Gasteiger partial charge >= 0.3 is 5.97 Å². The van der Waals surface area contributed by atoms with E-state index in [9.17, 15) is 18.3 Å². The Labute approximate surface area is 130 Å². The number of carbonyl (C=O) groups is 1. The van der Waals surface area contributed by atoms with Crippen LogP contribution in [0.4, 0.5) is 0 Å². The zero-order valence-electron chi connectivity index (χ0n) is 11.8. The van der Waals surface area contributed by atoms with E-state index >= 15 is 0 Å². The molecule has 0 radical (unpaired) electrons. The van der Waals surface area contributed by atoms with Gasteiger partial charge in [-0.2, -0.15) is 0 Å². The van der Waals surface area contributed by atoms with Gasteiger partial charge in [-0.15, -0.1) is 0 Å². The first kappa shape index (κ1) is 18.1. The van der Waals surface area contributed by atoms with Crippen LogP contribution in [0.2, 0.25) is 0 Å². The Bertz CT molecular complexity index is 623. The number of sulfonamides is 1. The van der Waals surface area contributed by atoms with Crippen molar-refractivity contribution in [3.63, 3.8) is 0 Å². The van der Waals surface area contributed by atoms with Crippen LogP contribution in [-0.4, -0.2) is 62.3 Å². The second-order valence-corrected chi connectivity index (χ2v) is 7.57.